The van der Waals surface area contributed by atoms with E-state index in [1.54, 1.807) is 0 Å². The van der Waals surface area contributed by atoms with Gasteiger partial charge in [0.15, 0.2) is 37.2 Å². The number of hydrogen-bond donors (Lipinski definition) is 3. The first-order valence-electron chi connectivity index (χ1n) is 7.86. The van der Waals surface area contributed by atoms with Crippen LogP contribution < -0.4 is 14.2 Å². The van der Waals surface area contributed by atoms with Crippen LogP contribution in [0.2, 0.25) is 0 Å². The van der Waals surface area contributed by atoms with E-state index in [-0.39, 0.29) is 16.7 Å². The summed E-state index contributed by atoms with van der Waals surface area (Å²) in [6.07, 6.45) is 6.69. The molecule has 3 aromatic heterocycles. The molecule has 30 heavy (non-hydrogen) atoms. The molecule has 0 atom stereocenters. The number of carboxylic acid groups (broad SMARTS) is 3. The van der Waals surface area contributed by atoms with Gasteiger partial charge in [0, 0.05) is 18.2 Å². The third-order valence-corrected chi connectivity index (χ3v) is 3.07. The smallest absolute Gasteiger partial charge is 0.341 e. The summed E-state index contributed by atoms with van der Waals surface area (Å²) in [5.41, 5.74) is -0.00694. The standard InChI is InChI=1S/3C6H5NO3/c3*8-6(9)5-2-1-3-7(10)4-5/h3*1-4H,(H,8,9). The molecule has 3 N–H and O–H groups in total. The Morgan fingerprint density at radius 1 is 0.567 bits per heavy atom. The molecule has 3 rings (SSSR count). The minimum atomic E-state index is -1.09. The van der Waals surface area contributed by atoms with E-state index in [0.29, 0.717) is 14.2 Å². The maximum absolute atomic E-state index is 10.4. The van der Waals surface area contributed by atoms with Crippen molar-refractivity contribution >= 4 is 17.9 Å². The second kappa shape index (κ2) is 11.2. The van der Waals surface area contributed by atoms with Crippen molar-refractivity contribution in [1.29, 1.82) is 0 Å². The summed E-state index contributed by atoms with van der Waals surface area (Å²) in [4.78, 5) is 30.6. The molecular formula is C18H15N3O9. The van der Waals surface area contributed by atoms with E-state index in [2.05, 4.69) is 0 Å². The SMILES string of the molecule is O=C(O)c1ccc[n+]([O-])c1.O=C(O)c1ccc[n+]([O-])c1.O=C(O)c1ccc[n+]([O-])c1. The Morgan fingerprint density at radius 2 is 0.800 bits per heavy atom. The molecule has 0 amide bonds. The van der Waals surface area contributed by atoms with E-state index in [9.17, 15) is 30.0 Å². The highest BCUT2D eigenvalue weighted by Crippen LogP contribution is 1.93. The summed E-state index contributed by atoms with van der Waals surface area (Å²) in [5, 5.41) is 56.4. The molecule has 0 radical (unpaired) electrons. The Kier molecular flexibility index (Phi) is 8.68. The van der Waals surface area contributed by atoms with Crippen LogP contribution in [-0.2, 0) is 0 Å². The highest BCUT2D eigenvalue weighted by atomic mass is 16.5. The molecule has 0 aliphatic carbocycles. The normalized spacial score (nSPS) is 9.20. The van der Waals surface area contributed by atoms with Crippen molar-refractivity contribution in [2.24, 2.45) is 0 Å². The minimum absolute atomic E-state index is 0.00231. The van der Waals surface area contributed by atoms with Crippen LogP contribution in [0.5, 0.6) is 0 Å². The molecule has 0 aliphatic heterocycles. The highest BCUT2D eigenvalue weighted by molar-refractivity contribution is 5.87. The molecular weight excluding hydrogens is 402 g/mol. The van der Waals surface area contributed by atoms with Crippen molar-refractivity contribution in [3.8, 4) is 0 Å². The van der Waals surface area contributed by atoms with Crippen LogP contribution in [0.1, 0.15) is 31.1 Å². The summed E-state index contributed by atoms with van der Waals surface area (Å²) in [5.74, 6) is -3.28. The van der Waals surface area contributed by atoms with Gasteiger partial charge in [0.1, 0.15) is 16.7 Å². The number of aromatic carboxylic acids is 3. The van der Waals surface area contributed by atoms with Gasteiger partial charge in [0.2, 0.25) is 0 Å². The highest BCUT2D eigenvalue weighted by Gasteiger charge is 2.05. The molecule has 0 saturated heterocycles. The maximum atomic E-state index is 10.4. The van der Waals surface area contributed by atoms with Crippen molar-refractivity contribution < 1.29 is 43.9 Å². The van der Waals surface area contributed by atoms with E-state index in [4.69, 9.17) is 15.3 Å². The maximum Gasteiger partial charge on any atom is 0.341 e. The largest absolute Gasteiger partial charge is 0.619 e. The van der Waals surface area contributed by atoms with Gasteiger partial charge in [-0.2, -0.15) is 14.2 Å². The minimum Gasteiger partial charge on any atom is -0.619 e. The molecule has 0 fully saturated rings. The first kappa shape index (κ1) is 23.3. The van der Waals surface area contributed by atoms with Crippen molar-refractivity contribution in [2.75, 3.05) is 0 Å². The average molecular weight is 417 g/mol. The van der Waals surface area contributed by atoms with Crippen molar-refractivity contribution in [1.82, 2.24) is 0 Å². The van der Waals surface area contributed by atoms with Crippen LogP contribution in [0.4, 0.5) is 0 Å². The number of carboxylic acids is 3. The lowest BCUT2D eigenvalue weighted by molar-refractivity contribution is -0.605. The quantitative estimate of drug-likeness (QED) is 0.390. The first-order chi connectivity index (χ1) is 14.1. The molecule has 0 spiro atoms. The van der Waals surface area contributed by atoms with Crippen LogP contribution in [0.3, 0.4) is 0 Å². The van der Waals surface area contributed by atoms with Gasteiger partial charge >= 0.3 is 17.9 Å². The molecule has 0 bridgehead atoms. The number of nitrogens with zero attached hydrogens (tertiary/aromatic N) is 3. The predicted octanol–water partition coefficient (Wildman–Crippen LogP) is 0.0546. The average Bonchev–Trinajstić information content (AvgIpc) is 2.69. The third-order valence-electron chi connectivity index (χ3n) is 3.07. The van der Waals surface area contributed by atoms with E-state index in [1.807, 2.05) is 0 Å². The van der Waals surface area contributed by atoms with Crippen LogP contribution in [-0.4, -0.2) is 33.2 Å². The van der Waals surface area contributed by atoms with Gasteiger partial charge in [-0.05, 0) is 18.2 Å². The summed E-state index contributed by atoms with van der Waals surface area (Å²) < 4.78 is 1.34. The lowest BCUT2D eigenvalue weighted by Gasteiger charge is -1.94. The van der Waals surface area contributed by atoms with Gasteiger partial charge in [-0.1, -0.05) is 0 Å². The van der Waals surface area contributed by atoms with E-state index < -0.39 is 17.9 Å². The monoisotopic (exact) mass is 417 g/mol. The lowest BCUT2D eigenvalue weighted by atomic mass is 10.3. The second-order valence-corrected chi connectivity index (χ2v) is 5.27. The fourth-order valence-electron chi connectivity index (χ4n) is 1.74. The Morgan fingerprint density at radius 3 is 0.933 bits per heavy atom. The summed E-state index contributed by atoms with van der Waals surface area (Å²) in [7, 11) is 0. The molecule has 12 heteroatoms. The molecule has 156 valence electrons. The van der Waals surface area contributed by atoms with Gasteiger partial charge in [-0.25, -0.2) is 14.4 Å². The molecule has 0 aliphatic rings. The Bertz CT molecular complexity index is 909. The van der Waals surface area contributed by atoms with E-state index in [1.165, 1.54) is 55.0 Å². The second-order valence-electron chi connectivity index (χ2n) is 5.27. The zero-order chi connectivity index (χ0) is 22.7. The molecule has 0 unspecified atom stereocenters. The molecule has 0 aromatic carbocycles. The summed E-state index contributed by atoms with van der Waals surface area (Å²) >= 11 is 0. The van der Waals surface area contributed by atoms with Gasteiger partial charge in [-0.3, -0.25) is 0 Å². The Hall–Kier alpha value is -4.74. The van der Waals surface area contributed by atoms with Crippen LogP contribution in [0.15, 0.2) is 73.6 Å². The lowest BCUT2D eigenvalue weighted by Crippen LogP contribution is -2.25. The van der Waals surface area contributed by atoms with Gasteiger partial charge in [-0.15, -0.1) is 0 Å². The van der Waals surface area contributed by atoms with Crippen LogP contribution >= 0.6 is 0 Å². The predicted molar refractivity (Wildman–Crippen MR) is 97.1 cm³/mol. The third kappa shape index (κ3) is 8.30. The number of hydrogen-bond acceptors (Lipinski definition) is 6. The van der Waals surface area contributed by atoms with E-state index in [0.717, 1.165) is 18.6 Å². The molecule has 0 saturated carbocycles. The zero-order valence-electron chi connectivity index (χ0n) is 15.1. The molecule has 3 aromatic rings. The van der Waals surface area contributed by atoms with Gasteiger partial charge < -0.3 is 30.9 Å². The fourth-order valence-corrected chi connectivity index (χ4v) is 1.74. The van der Waals surface area contributed by atoms with Crippen molar-refractivity contribution in [3.63, 3.8) is 0 Å². The Labute approximate surface area is 168 Å². The van der Waals surface area contributed by atoms with Gasteiger partial charge in [0.25, 0.3) is 0 Å². The molecule has 12 nitrogen and oxygen atoms in total. The van der Waals surface area contributed by atoms with Crippen molar-refractivity contribution in [3.05, 3.63) is 106 Å². The number of rotatable bonds is 3. The van der Waals surface area contributed by atoms with Crippen LogP contribution in [0.25, 0.3) is 0 Å². The van der Waals surface area contributed by atoms with E-state index >= 15 is 0 Å². The van der Waals surface area contributed by atoms with Crippen molar-refractivity contribution in [2.45, 2.75) is 0 Å². The first-order valence-corrected chi connectivity index (χ1v) is 7.86. The fraction of sp³-hybridized carbons (Fsp3) is 0. The number of aromatic nitrogens is 3. The topological polar surface area (TPSA) is 193 Å². The Balaban J connectivity index is 0.000000225. The number of carbonyl (C=O) groups is 3. The molecule has 3 heterocycles. The van der Waals surface area contributed by atoms with Crippen LogP contribution in [0, 0.1) is 15.6 Å². The summed E-state index contributed by atoms with van der Waals surface area (Å²) in [6.45, 7) is 0. The number of pyridine rings is 3. The summed E-state index contributed by atoms with van der Waals surface area (Å²) in [6, 6.07) is 8.23. The zero-order valence-corrected chi connectivity index (χ0v) is 15.1. The van der Waals surface area contributed by atoms with Gasteiger partial charge in [0.05, 0.1) is 0 Å².